The molecule has 2 unspecified atom stereocenters. The maximum atomic E-state index is 2.47. The van der Waals surface area contributed by atoms with Crippen LogP contribution < -0.4 is 0 Å². The molecule has 0 spiro atoms. The molecule has 96 valence electrons. The van der Waals surface area contributed by atoms with Gasteiger partial charge in [-0.25, -0.2) is 0 Å². The Bertz CT molecular complexity index is 569. The molecule has 0 aromatic heterocycles. The SMILES string of the molecule is CN1CC2c3ccccc3Sc3ccccc3C2C1. The van der Waals surface area contributed by atoms with Gasteiger partial charge in [0.2, 0.25) is 0 Å². The summed E-state index contributed by atoms with van der Waals surface area (Å²) in [5.41, 5.74) is 3.08. The fourth-order valence-corrected chi connectivity index (χ4v) is 4.71. The van der Waals surface area contributed by atoms with E-state index < -0.39 is 0 Å². The highest BCUT2D eigenvalue weighted by molar-refractivity contribution is 7.99. The topological polar surface area (TPSA) is 3.24 Å². The Morgan fingerprint density at radius 2 is 1.32 bits per heavy atom. The van der Waals surface area contributed by atoms with Crippen LogP contribution in [0.4, 0.5) is 0 Å². The largest absolute Gasteiger partial charge is 0.305 e. The Morgan fingerprint density at radius 3 is 1.84 bits per heavy atom. The predicted molar refractivity (Wildman–Crippen MR) is 80.0 cm³/mol. The lowest BCUT2D eigenvalue weighted by Gasteiger charge is -2.18. The Balaban J connectivity index is 1.93. The molecule has 0 bridgehead atoms. The van der Waals surface area contributed by atoms with E-state index >= 15 is 0 Å². The maximum absolute atomic E-state index is 2.47. The minimum Gasteiger partial charge on any atom is -0.305 e. The zero-order valence-electron chi connectivity index (χ0n) is 11.0. The second-order valence-corrected chi connectivity index (χ2v) is 6.70. The average Bonchev–Trinajstić information content (AvgIpc) is 2.76. The molecule has 0 amide bonds. The first-order chi connectivity index (χ1) is 9.33. The fraction of sp³-hybridized carbons (Fsp3) is 0.294. The summed E-state index contributed by atoms with van der Waals surface area (Å²) in [5.74, 6) is 1.30. The molecule has 2 aromatic carbocycles. The first-order valence-electron chi connectivity index (χ1n) is 6.87. The molecular formula is C17H17NS. The number of hydrogen-bond acceptors (Lipinski definition) is 2. The number of benzene rings is 2. The van der Waals surface area contributed by atoms with Gasteiger partial charge in [0.25, 0.3) is 0 Å². The Morgan fingerprint density at radius 1 is 0.842 bits per heavy atom. The van der Waals surface area contributed by atoms with Gasteiger partial charge >= 0.3 is 0 Å². The molecule has 0 N–H and O–H groups in total. The molecule has 2 aliphatic rings. The summed E-state index contributed by atoms with van der Waals surface area (Å²) in [6, 6.07) is 17.9. The number of likely N-dealkylation sites (tertiary alicyclic amines) is 1. The highest BCUT2D eigenvalue weighted by Gasteiger charge is 2.37. The molecule has 2 aliphatic heterocycles. The van der Waals surface area contributed by atoms with Crippen molar-refractivity contribution in [2.45, 2.75) is 21.6 Å². The van der Waals surface area contributed by atoms with Gasteiger partial charge in [0.1, 0.15) is 0 Å². The van der Waals surface area contributed by atoms with Crippen LogP contribution in [0.25, 0.3) is 0 Å². The summed E-state index contributed by atoms with van der Waals surface area (Å²) in [5, 5.41) is 0. The van der Waals surface area contributed by atoms with Gasteiger partial charge in [0, 0.05) is 34.7 Å². The van der Waals surface area contributed by atoms with Gasteiger partial charge < -0.3 is 4.90 Å². The molecular weight excluding hydrogens is 250 g/mol. The minimum absolute atomic E-state index is 0.650. The van der Waals surface area contributed by atoms with Crippen molar-refractivity contribution in [3.63, 3.8) is 0 Å². The van der Waals surface area contributed by atoms with Crippen LogP contribution in [0, 0.1) is 0 Å². The van der Waals surface area contributed by atoms with Crippen LogP contribution in [-0.2, 0) is 0 Å². The quantitative estimate of drug-likeness (QED) is 0.710. The lowest BCUT2D eigenvalue weighted by molar-refractivity contribution is 0.407. The summed E-state index contributed by atoms with van der Waals surface area (Å²) < 4.78 is 0. The van der Waals surface area contributed by atoms with E-state index in [0.717, 1.165) is 0 Å². The molecule has 2 heteroatoms. The Labute approximate surface area is 118 Å². The van der Waals surface area contributed by atoms with Crippen LogP contribution in [0.15, 0.2) is 58.3 Å². The lowest BCUT2D eigenvalue weighted by Crippen LogP contribution is -2.14. The van der Waals surface area contributed by atoms with Crippen molar-refractivity contribution in [2.24, 2.45) is 0 Å². The third-order valence-corrected chi connectivity index (χ3v) is 5.54. The van der Waals surface area contributed by atoms with Gasteiger partial charge in [-0.3, -0.25) is 0 Å². The van der Waals surface area contributed by atoms with E-state index in [4.69, 9.17) is 0 Å². The fourth-order valence-electron chi connectivity index (χ4n) is 3.51. The Hall–Kier alpha value is -1.25. The van der Waals surface area contributed by atoms with Crippen molar-refractivity contribution in [1.29, 1.82) is 0 Å². The summed E-state index contributed by atoms with van der Waals surface area (Å²) in [6.45, 7) is 2.35. The third kappa shape index (κ3) is 1.82. The normalized spacial score (nSPS) is 25.3. The van der Waals surface area contributed by atoms with E-state index in [9.17, 15) is 0 Å². The second-order valence-electron chi connectivity index (χ2n) is 5.61. The Kier molecular flexibility index (Phi) is 2.68. The number of likely N-dealkylation sites (N-methyl/N-ethyl adjacent to an activating group) is 1. The van der Waals surface area contributed by atoms with Crippen LogP contribution >= 0.6 is 11.8 Å². The van der Waals surface area contributed by atoms with Crippen molar-refractivity contribution in [3.05, 3.63) is 59.7 Å². The summed E-state index contributed by atoms with van der Waals surface area (Å²) in [4.78, 5) is 5.36. The second kappa shape index (κ2) is 4.39. The first-order valence-corrected chi connectivity index (χ1v) is 7.69. The molecule has 1 nitrogen and oxygen atoms in total. The molecule has 2 aromatic rings. The zero-order valence-corrected chi connectivity index (χ0v) is 11.9. The number of nitrogens with zero attached hydrogens (tertiary/aromatic N) is 1. The number of rotatable bonds is 0. The smallest absolute Gasteiger partial charge is 0.0158 e. The van der Waals surface area contributed by atoms with Crippen molar-refractivity contribution >= 4 is 11.8 Å². The van der Waals surface area contributed by atoms with E-state index in [-0.39, 0.29) is 0 Å². The van der Waals surface area contributed by atoms with Crippen molar-refractivity contribution in [1.82, 2.24) is 4.90 Å². The third-order valence-electron chi connectivity index (χ3n) is 4.36. The lowest BCUT2D eigenvalue weighted by atomic mass is 9.84. The predicted octanol–water partition coefficient (Wildman–Crippen LogP) is 3.96. The molecule has 0 aliphatic carbocycles. The molecule has 2 heterocycles. The number of hydrogen-bond donors (Lipinski definition) is 0. The number of fused-ring (bicyclic) bond motifs is 5. The summed E-state index contributed by atoms with van der Waals surface area (Å²) >= 11 is 1.94. The molecule has 19 heavy (non-hydrogen) atoms. The molecule has 0 saturated carbocycles. The van der Waals surface area contributed by atoms with Gasteiger partial charge in [-0.15, -0.1) is 0 Å². The summed E-state index contributed by atoms with van der Waals surface area (Å²) in [6.07, 6.45) is 0. The van der Waals surface area contributed by atoms with Gasteiger partial charge in [-0.1, -0.05) is 48.2 Å². The van der Waals surface area contributed by atoms with Gasteiger partial charge in [0.05, 0.1) is 0 Å². The van der Waals surface area contributed by atoms with E-state index in [1.807, 2.05) is 11.8 Å². The highest BCUT2D eigenvalue weighted by Crippen LogP contribution is 2.49. The standard InChI is InChI=1S/C17H17NS/c1-18-10-14-12-6-2-4-8-16(12)19-17-9-5-3-7-13(17)15(14)11-18/h2-9,14-15H,10-11H2,1H3. The van der Waals surface area contributed by atoms with E-state index in [1.54, 1.807) is 0 Å². The van der Waals surface area contributed by atoms with Gasteiger partial charge in [-0.2, -0.15) is 0 Å². The minimum atomic E-state index is 0.650. The van der Waals surface area contributed by atoms with Gasteiger partial charge in [-0.05, 0) is 30.3 Å². The van der Waals surface area contributed by atoms with Crippen LogP contribution in [0.1, 0.15) is 23.0 Å². The van der Waals surface area contributed by atoms with Crippen molar-refractivity contribution < 1.29 is 0 Å². The van der Waals surface area contributed by atoms with Crippen molar-refractivity contribution in [2.75, 3.05) is 20.1 Å². The van der Waals surface area contributed by atoms with Crippen molar-refractivity contribution in [3.8, 4) is 0 Å². The highest BCUT2D eigenvalue weighted by atomic mass is 32.2. The van der Waals surface area contributed by atoms with Crippen LogP contribution in [0.3, 0.4) is 0 Å². The van der Waals surface area contributed by atoms with Crippen LogP contribution in [-0.4, -0.2) is 25.0 Å². The first kappa shape index (κ1) is 11.6. The van der Waals surface area contributed by atoms with E-state index in [1.165, 1.54) is 34.0 Å². The molecule has 1 fully saturated rings. The van der Waals surface area contributed by atoms with E-state index in [2.05, 4.69) is 60.5 Å². The average molecular weight is 267 g/mol. The maximum Gasteiger partial charge on any atom is 0.0158 e. The molecule has 4 rings (SSSR count). The molecule has 1 saturated heterocycles. The molecule has 0 radical (unpaired) electrons. The van der Waals surface area contributed by atoms with E-state index in [0.29, 0.717) is 11.8 Å². The van der Waals surface area contributed by atoms with Crippen LogP contribution in [0.5, 0.6) is 0 Å². The monoisotopic (exact) mass is 267 g/mol. The summed E-state index contributed by atoms with van der Waals surface area (Å²) in [7, 11) is 2.24. The molecule has 2 atom stereocenters. The van der Waals surface area contributed by atoms with Gasteiger partial charge in [0.15, 0.2) is 0 Å². The van der Waals surface area contributed by atoms with Crippen LogP contribution in [0.2, 0.25) is 0 Å². The zero-order chi connectivity index (χ0) is 12.8.